The number of aromatic nitrogens is 5. The van der Waals surface area contributed by atoms with Crippen LogP contribution in [0.4, 0.5) is 20.3 Å². The first kappa shape index (κ1) is 24.1. The van der Waals surface area contributed by atoms with Gasteiger partial charge in [-0.1, -0.05) is 0 Å². The first-order valence-electron chi connectivity index (χ1n) is 11.9. The van der Waals surface area contributed by atoms with Crippen LogP contribution in [0.15, 0.2) is 24.7 Å². The van der Waals surface area contributed by atoms with Crippen LogP contribution in [0, 0.1) is 5.92 Å². The molecule has 0 spiro atoms. The number of fused-ring (bicyclic) bond motifs is 1. The predicted octanol–water partition coefficient (Wildman–Crippen LogP) is 2.86. The Labute approximate surface area is 205 Å². The zero-order valence-corrected chi connectivity index (χ0v) is 19.8. The number of methoxy groups -OCH3 is 1. The summed E-state index contributed by atoms with van der Waals surface area (Å²) in [6.45, 7) is 2.53. The van der Waals surface area contributed by atoms with E-state index in [4.69, 9.17) is 9.47 Å². The fourth-order valence-electron chi connectivity index (χ4n) is 4.77. The molecule has 3 aromatic rings. The summed E-state index contributed by atoms with van der Waals surface area (Å²) in [5.41, 5.74) is -0.0778. The lowest BCUT2D eigenvalue weighted by Gasteiger charge is -2.27. The molecule has 0 radical (unpaired) electrons. The topological polar surface area (TPSA) is 116 Å². The summed E-state index contributed by atoms with van der Waals surface area (Å²) in [5.74, 6) is -0.369. The fraction of sp³-hybridized carbons (Fsp3) is 0.522. The Morgan fingerprint density at radius 2 is 1.94 bits per heavy atom. The highest BCUT2D eigenvalue weighted by atomic mass is 19.3. The van der Waals surface area contributed by atoms with Gasteiger partial charge in [-0.05, 0) is 31.7 Å². The molecule has 0 bridgehead atoms. The Morgan fingerprint density at radius 1 is 1.19 bits per heavy atom. The van der Waals surface area contributed by atoms with E-state index in [1.54, 1.807) is 12.3 Å². The summed E-state index contributed by atoms with van der Waals surface area (Å²) in [6.07, 6.45) is 3.99. The molecule has 0 aromatic carbocycles. The maximum Gasteiger partial charge on any atom is 0.308 e. The van der Waals surface area contributed by atoms with Crippen molar-refractivity contribution in [3.63, 3.8) is 0 Å². The molecule has 36 heavy (non-hydrogen) atoms. The molecule has 0 unspecified atom stereocenters. The molecule has 13 heteroatoms. The van der Waals surface area contributed by atoms with Crippen molar-refractivity contribution in [1.82, 2.24) is 24.4 Å². The molecular formula is C23H27F2N7O4. The van der Waals surface area contributed by atoms with Crippen molar-refractivity contribution in [2.24, 2.45) is 5.92 Å². The number of halogens is 2. The third kappa shape index (κ3) is 4.74. The van der Waals surface area contributed by atoms with Gasteiger partial charge >= 0.3 is 5.97 Å². The number of carbonyl (C=O) groups is 2. The van der Waals surface area contributed by atoms with Gasteiger partial charge in [-0.25, -0.2) is 18.3 Å². The summed E-state index contributed by atoms with van der Waals surface area (Å²) in [6, 6.07) is 1.66. The van der Waals surface area contributed by atoms with Crippen molar-refractivity contribution in [2.45, 2.75) is 38.2 Å². The molecule has 1 aliphatic carbocycles. The maximum atomic E-state index is 13.8. The summed E-state index contributed by atoms with van der Waals surface area (Å²) in [4.78, 5) is 31.5. The second-order valence-corrected chi connectivity index (χ2v) is 8.90. The largest absolute Gasteiger partial charge is 0.469 e. The number of morpholine rings is 1. The van der Waals surface area contributed by atoms with Crippen LogP contribution in [-0.2, 0) is 14.3 Å². The number of rotatable bonds is 6. The minimum atomic E-state index is -2.87. The van der Waals surface area contributed by atoms with Crippen molar-refractivity contribution in [3.8, 4) is 0 Å². The lowest BCUT2D eigenvalue weighted by molar-refractivity contribution is -0.146. The fourth-order valence-corrected chi connectivity index (χ4v) is 4.77. The molecule has 1 N–H and O–H groups in total. The smallest absolute Gasteiger partial charge is 0.308 e. The summed E-state index contributed by atoms with van der Waals surface area (Å²) in [7, 11) is 1.36. The van der Waals surface area contributed by atoms with E-state index in [1.807, 2.05) is 4.90 Å². The lowest BCUT2D eigenvalue weighted by Crippen LogP contribution is -2.36. The van der Waals surface area contributed by atoms with E-state index in [-0.39, 0.29) is 29.2 Å². The van der Waals surface area contributed by atoms with Crippen molar-refractivity contribution < 1.29 is 27.8 Å². The molecule has 1 saturated heterocycles. The third-order valence-electron chi connectivity index (χ3n) is 6.75. The van der Waals surface area contributed by atoms with E-state index in [1.165, 1.54) is 28.7 Å². The molecule has 5 rings (SSSR count). The van der Waals surface area contributed by atoms with Crippen LogP contribution in [0.5, 0.6) is 0 Å². The number of hydrogen-bond acceptors (Lipinski definition) is 8. The highest BCUT2D eigenvalue weighted by Gasteiger charge is 2.30. The SMILES string of the molecule is COC(=O)C1CCC(n2cc(NC(=O)c3cnn4ccc(N5CCOCC5)nc34)c(C(F)F)n2)CC1. The standard InChI is InChI=1S/C23H27F2N7O4/c1-35-23(34)14-2-4-15(5-3-14)32-13-17(19(29-32)20(24)25)27-22(33)16-12-26-31-7-6-18(28-21(16)31)30-8-10-36-11-9-30/h6-7,12-15,20H,2-5,8-11H2,1H3,(H,27,33). The van der Waals surface area contributed by atoms with Gasteiger partial charge in [0.05, 0.1) is 44.2 Å². The third-order valence-corrected chi connectivity index (χ3v) is 6.75. The second kappa shape index (κ2) is 10.2. The van der Waals surface area contributed by atoms with Crippen molar-refractivity contribution in [3.05, 3.63) is 35.9 Å². The zero-order valence-electron chi connectivity index (χ0n) is 19.8. The summed E-state index contributed by atoms with van der Waals surface area (Å²) >= 11 is 0. The molecule has 1 saturated carbocycles. The molecule has 1 aliphatic heterocycles. The van der Waals surface area contributed by atoms with E-state index >= 15 is 0 Å². The Morgan fingerprint density at radius 3 is 2.64 bits per heavy atom. The number of nitrogens with zero attached hydrogens (tertiary/aromatic N) is 6. The first-order valence-corrected chi connectivity index (χ1v) is 11.9. The second-order valence-electron chi connectivity index (χ2n) is 8.90. The number of nitrogens with one attached hydrogen (secondary N) is 1. The van der Waals surface area contributed by atoms with E-state index in [0.29, 0.717) is 63.5 Å². The maximum absolute atomic E-state index is 13.8. The van der Waals surface area contributed by atoms with Gasteiger partial charge in [0, 0.05) is 25.5 Å². The lowest BCUT2D eigenvalue weighted by atomic mass is 9.86. The van der Waals surface area contributed by atoms with Gasteiger partial charge in [0.2, 0.25) is 0 Å². The number of esters is 1. The van der Waals surface area contributed by atoms with Crippen LogP contribution in [-0.4, -0.2) is 69.7 Å². The van der Waals surface area contributed by atoms with Crippen LogP contribution in [0.2, 0.25) is 0 Å². The minimum absolute atomic E-state index is 0.0613. The van der Waals surface area contributed by atoms with Crippen LogP contribution in [0.1, 0.15) is 54.2 Å². The Balaban J connectivity index is 1.35. The van der Waals surface area contributed by atoms with Crippen LogP contribution in [0.3, 0.4) is 0 Å². The van der Waals surface area contributed by atoms with E-state index in [0.717, 1.165) is 0 Å². The summed E-state index contributed by atoms with van der Waals surface area (Å²) < 4.78 is 40.7. The molecular weight excluding hydrogens is 476 g/mol. The van der Waals surface area contributed by atoms with Crippen LogP contribution < -0.4 is 10.2 Å². The van der Waals surface area contributed by atoms with Crippen molar-refractivity contribution in [1.29, 1.82) is 0 Å². The Bertz CT molecular complexity index is 1250. The monoisotopic (exact) mass is 503 g/mol. The number of anilines is 2. The van der Waals surface area contributed by atoms with Gasteiger partial charge in [-0.15, -0.1) is 0 Å². The van der Waals surface area contributed by atoms with E-state index < -0.39 is 18.0 Å². The highest BCUT2D eigenvalue weighted by molar-refractivity contribution is 6.08. The van der Waals surface area contributed by atoms with E-state index in [2.05, 4.69) is 20.5 Å². The number of alkyl halides is 2. The summed E-state index contributed by atoms with van der Waals surface area (Å²) in [5, 5.41) is 10.8. The predicted molar refractivity (Wildman–Crippen MR) is 124 cm³/mol. The molecule has 4 heterocycles. The van der Waals surface area contributed by atoms with Crippen molar-refractivity contribution >= 4 is 29.0 Å². The van der Waals surface area contributed by atoms with Gasteiger partial charge in [0.1, 0.15) is 11.4 Å². The van der Waals surface area contributed by atoms with Gasteiger partial charge < -0.3 is 19.7 Å². The van der Waals surface area contributed by atoms with Crippen molar-refractivity contribution in [2.75, 3.05) is 43.6 Å². The first-order chi connectivity index (χ1) is 17.4. The van der Waals surface area contributed by atoms with Gasteiger partial charge in [0.15, 0.2) is 11.3 Å². The average molecular weight is 504 g/mol. The minimum Gasteiger partial charge on any atom is -0.469 e. The molecule has 3 aromatic heterocycles. The normalized spacial score (nSPS) is 20.6. The van der Waals surface area contributed by atoms with Crippen LogP contribution >= 0.6 is 0 Å². The quantitative estimate of drug-likeness (QED) is 0.511. The molecule has 192 valence electrons. The van der Waals surface area contributed by atoms with E-state index in [9.17, 15) is 18.4 Å². The van der Waals surface area contributed by atoms with Crippen LogP contribution in [0.25, 0.3) is 5.65 Å². The molecule has 11 nitrogen and oxygen atoms in total. The number of hydrogen-bond donors (Lipinski definition) is 1. The molecule has 2 fully saturated rings. The Hall–Kier alpha value is -3.61. The Kier molecular flexibility index (Phi) is 6.81. The number of amides is 1. The molecule has 1 amide bonds. The van der Waals surface area contributed by atoms with Gasteiger partial charge in [-0.3, -0.25) is 14.3 Å². The molecule has 0 atom stereocenters. The molecule has 2 aliphatic rings. The zero-order chi connectivity index (χ0) is 25.2. The number of carbonyl (C=O) groups excluding carboxylic acids is 2. The van der Waals surface area contributed by atoms with Gasteiger partial charge in [0.25, 0.3) is 12.3 Å². The highest BCUT2D eigenvalue weighted by Crippen LogP contribution is 2.35. The average Bonchev–Trinajstić information content (AvgIpc) is 3.53. The van der Waals surface area contributed by atoms with Gasteiger partial charge in [-0.2, -0.15) is 10.2 Å². The number of ether oxygens (including phenoxy) is 2.